The summed E-state index contributed by atoms with van der Waals surface area (Å²) >= 11 is 11.3. The first kappa shape index (κ1) is 14.4. The summed E-state index contributed by atoms with van der Waals surface area (Å²) in [5, 5.41) is 12.7. The van der Waals surface area contributed by atoms with Gasteiger partial charge in [0, 0.05) is 6.07 Å². The molecular formula is C11H5Cl2F2N3O2. The number of nitrogens with one attached hydrogen (secondary N) is 1. The molecule has 0 aliphatic carbocycles. The third-order valence-electron chi connectivity index (χ3n) is 2.25. The molecule has 0 aliphatic rings. The van der Waals surface area contributed by atoms with E-state index in [1.54, 1.807) is 0 Å². The van der Waals surface area contributed by atoms with Gasteiger partial charge in [-0.1, -0.05) is 23.2 Å². The lowest BCUT2D eigenvalue weighted by molar-refractivity contribution is -0.384. The summed E-state index contributed by atoms with van der Waals surface area (Å²) in [7, 11) is 0. The van der Waals surface area contributed by atoms with Crippen molar-refractivity contribution in [1.29, 1.82) is 0 Å². The van der Waals surface area contributed by atoms with E-state index in [4.69, 9.17) is 23.2 Å². The van der Waals surface area contributed by atoms with Gasteiger partial charge in [0.05, 0.1) is 27.8 Å². The molecule has 5 nitrogen and oxygen atoms in total. The Morgan fingerprint density at radius 1 is 1.20 bits per heavy atom. The molecule has 0 saturated heterocycles. The number of rotatable bonds is 3. The molecule has 1 heterocycles. The minimum absolute atomic E-state index is 0.0865. The van der Waals surface area contributed by atoms with Crippen molar-refractivity contribution in [3.63, 3.8) is 0 Å². The summed E-state index contributed by atoms with van der Waals surface area (Å²) in [6.07, 6.45) is 0. The van der Waals surface area contributed by atoms with E-state index in [1.807, 2.05) is 0 Å². The predicted molar refractivity (Wildman–Crippen MR) is 70.6 cm³/mol. The molecule has 2 rings (SSSR count). The van der Waals surface area contributed by atoms with Gasteiger partial charge in [0.25, 0.3) is 5.69 Å². The zero-order chi connectivity index (χ0) is 14.9. The van der Waals surface area contributed by atoms with Crippen LogP contribution < -0.4 is 5.32 Å². The van der Waals surface area contributed by atoms with Gasteiger partial charge in [-0.2, -0.15) is 0 Å². The van der Waals surface area contributed by atoms with E-state index in [2.05, 4.69) is 10.3 Å². The highest BCUT2D eigenvalue weighted by Crippen LogP contribution is 2.30. The fourth-order valence-electron chi connectivity index (χ4n) is 1.44. The molecule has 0 spiro atoms. The van der Waals surface area contributed by atoms with Gasteiger partial charge >= 0.3 is 0 Å². The van der Waals surface area contributed by atoms with Crippen LogP contribution in [-0.2, 0) is 0 Å². The Bertz CT molecular complexity index is 674. The quantitative estimate of drug-likeness (QED) is 0.519. The summed E-state index contributed by atoms with van der Waals surface area (Å²) < 4.78 is 26.5. The van der Waals surface area contributed by atoms with Gasteiger partial charge in [-0.05, 0) is 6.07 Å². The van der Waals surface area contributed by atoms with Crippen molar-refractivity contribution in [3.05, 3.63) is 56.2 Å². The van der Waals surface area contributed by atoms with Crippen LogP contribution in [0.4, 0.5) is 26.0 Å². The topological polar surface area (TPSA) is 68.1 Å². The Morgan fingerprint density at radius 2 is 1.90 bits per heavy atom. The van der Waals surface area contributed by atoms with E-state index in [0.717, 1.165) is 18.2 Å². The summed E-state index contributed by atoms with van der Waals surface area (Å²) in [5.41, 5.74) is -0.580. The first-order valence-electron chi connectivity index (χ1n) is 5.10. The molecule has 0 amide bonds. The van der Waals surface area contributed by atoms with Crippen molar-refractivity contribution in [2.45, 2.75) is 0 Å². The van der Waals surface area contributed by atoms with Crippen molar-refractivity contribution < 1.29 is 13.7 Å². The van der Waals surface area contributed by atoms with E-state index in [9.17, 15) is 18.9 Å². The zero-order valence-corrected chi connectivity index (χ0v) is 11.0. The van der Waals surface area contributed by atoms with Gasteiger partial charge in [0.1, 0.15) is 16.8 Å². The van der Waals surface area contributed by atoms with Crippen LogP contribution in [-0.4, -0.2) is 9.91 Å². The molecule has 2 aromatic rings. The van der Waals surface area contributed by atoms with E-state index in [-0.39, 0.29) is 27.4 Å². The molecule has 20 heavy (non-hydrogen) atoms. The number of nitro groups is 1. The number of hydrogen-bond acceptors (Lipinski definition) is 4. The van der Waals surface area contributed by atoms with E-state index >= 15 is 0 Å². The third kappa shape index (κ3) is 3.12. The van der Waals surface area contributed by atoms with Crippen molar-refractivity contribution in [2.24, 2.45) is 0 Å². The minimum Gasteiger partial charge on any atom is -0.336 e. The molecule has 1 aromatic heterocycles. The van der Waals surface area contributed by atoms with E-state index in [1.165, 1.54) is 0 Å². The fourth-order valence-corrected chi connectivity index (χ4v) is 1.89. The van der Waals surface area contributed by atoms with Crippen LogP contribution in [0.1, 0.15) is 0 Å². The summed E-state index contributed by atoms with van der Waals surface area (Å²) in [6.45, 7) is 0. The Hall–Kier alpha value is -1.99. The molecule has 0 saturated carbocycles. The molecular weight excluding hydrogens is 315 g/mol. The first-order valence-corrected chi connectivity index (χ1v) is 5.86. The minimum atomic E-state index is -0.959. The second kappa shape index (κ2) is 5.56. The number of pyridine rings is 1. The molecule has 0 fully saturated rings. The van der Waals surface area contributed by atoms with Crippen LogP contribution in [0, 0.1) is 21.7 Å². The smallest absolute Gasteiger partial charge is 0.276 e. The van der Waals surface area contributed by atoms with Crippen LogP contribution in [0.15, 0.2) is 24.3 Å². The molecule has 0 bridgehead atoms. The van der Waals surface area contributed by atoms with Crippen molar-refractivity contribution in [3.8, 4) is 0 Å². The first-order chi connectivity index (χ1) is 9.36. The van der Waals surface area contributed by atoms with Crippen molar-refractivity contribution in [1.82, 2.24) is 4.98 Å². The lowest BCUT2D eigenvalue weighted by Crippen LogP contribution is -2.00. The highest BCUT2D eigenvalue weighted by atomic mass is 35.5. The van der Waals surface area contributed by atoms with Gasteiger partial charge in [-0.15, -0.1) is 0 Å². The highest BCUT2D eigenvalue weighted by molar-refractivity contribution is 6.33. The maximum Gasteiger partial charge on any atom is 0.276 e. The van der Waals surface area contributed by atoms with E-state index in [0.29, 0.717) is 6.07 Å². The lowest BCUT2D eigenvalue weighted by Gasteiger charge is -2.09. The van der Waals surface area contributed by atoms with Gasteiger partial charge < -0.3 is 5.32 Å². The monoisotopic (exact) mass is 319 g/mol. The molecule has 1 N–H and O–H groups in total. The molecule has 1 aromatic carbocycles. The van der Waals surface area contributed by atoms with Crippen LogP contribution >= 0.6 is 23.2 Å². The number of anilines is 2. The van der Waals surface area contributed by atoms with Gasteiger partial charge in [0.15, 0.2) is 5.82 Å². The molecule has 0 aliphatic heterocycles. The SMILES string of the molecule is O=[N+]([O-])c1cc(Cl)nc(Nc2c(F)cc(F)cc2Cl)c1. The molecule has 104 valence electrons. The van der Waals surface area contributed by atoms with Crippen LogP contribution in [0.25, 0.3) is 0 Å². The Morgan fingerprint density at radius 3 is 2.50 bits per heavy atom. The summed E-state index contributed by atoms with van der Waals surface area (Å²) in [4.78, 5) is 13.7. The van der Waals surface area contributed by atoms with Crippen LogP contribution in [0.2, 0.25) is 10.2 Å². The standard InChI is InChI=1S/C11H5Cl2F2N3O2/c12-7-1-5(14)2-8(15)11(7)17-10-4-6(18(19)20)3-9(13)16-10/h1-4H,(H,16,17). The van der Waals surface area contributed by atoms with Crippen LogP contribution in [0.5, 0.6) is 0 Å². The summed E-state index contributed by atoms with van der Waals surface area (Å²) in [6, 6.07) is 3.60. The van der Waals surface area contributed by atoms with Crippen LogP contribution in [0.3, 0.4) is 0 Å². The van der Waals surface area contributed by atoms with Gasteiger partial charge in [-0.25, -0.2) is 13.8 Å². The number of hydrogen-bond donors (Lipinski definition) is 1. The number of halogens is 4. The second-order valence-corrected chi connectivity index (χ2v) is 4.45. The average Bonchev–Trinajstić information content (AvgIpc) is 2.33. The van der Waals surface area contributed by atoms with E-state index < -0.39 is 16.6 Å². The second-order valence-electron chi connectivity index (χ2n) is 3.66. The highest BCUT2D eigenvalue weighted by Gasteiger charge is 2.14. The fraction of sp³-hybridized carbons (Fsp3) is 0. The number of aromatic nitrogens is 1. The Kier molecular flexibility index (Phi) is 4.01. The van der Waals surface area contributed by atoms with Gasteiger partial charge in [0.2, 0.25) is 0 Å². The summed E-state index contributed by atoms with van der Waals surface area (Å²) in [5.74, 6) is -1.89. The Labute approximate surface area is 121 Å². The molecule has 9 heteroatoms. The van der Waals surface area contributed by atoms with Crippen molar-refractivity contribution >= 4 is 40.4 Å². The van der Waals surface area contributed by atoms with Gasteiger partial charge in [-0.3, -0.25) is 10.1 Å². The van der Waals surface area contributed by atoms with Crippen molar-refractivity contribution in [2.75, 3.05) is 5.32 Å². The largest absolute Gasteiger partial charge is 0.336 e. The average molecular weight is 320 g/mol. The molecule has 0 radical (unpaired) electrons. The Balaban J connectivity index is 2.42. The zero-order valence-electron chi connectivity index (χ0n) is 9.53. The number of benzene rings is 1. The maximum absolute atomic E-state index is 13.6. The lowest BCUT2D eigenvalue weighted by atomic mass is 10.3. The third-order valence-corrected chi connectivity index (χ3v) is 2.74. The molecule has 0 unspecified atom stereocenters. The maximum atomic E-state index is 13.6. The number of nitrogens with zero attached hydrogens (tertiary/aromatic N) is 2. The molecule has 0 atom stereocenters. The predicted octanol–water partition coefficient (Wildman–Crippen LogP) is 4.32. The normalized spacial score (nSPS) is 10.4.